The molecule has 1 unspecified atom stereocenters. The van der Waals surface area contributed by atoms with Crippen molar-refractivity contribution in [2.24, 2.45) is 0 Å². The Bertz CT molecular complexity index is 875. The Kier molecular flexibility index (Phi) is 7.14. The van der Waals surface area contributed by atoms with E-state index in [0.717, 1.165) is 22.3 Å². The minimum Gasteiger partial charge on any atom is -0.379 e. The minimum atomic E-state index is -0.599. The van der Waals surface area contributed by atoms with Crippen LogP contribution in [0.5, 0.6) is 0 Å². The third-order valence-corrected chi connectivity index (χ3v) is 5.47. The molecule has 3 rings (SSSR count). The number of carbonyl (C=O) groups excluding carboxylic acids is 1. The zero-order valence-electron chi connectivity index (χ0n) is 16.6. The smallest absolute Gasteiger partial charge is 0.262 e. The predicted octanol–water partition coefficient (Wildman–Crippen LogP) is 4.97. The third kappa shape index (κ3) is 4.76. The van der Waals surface area contributed by atoms with E-state index in [1.807, 2.05) is 55.5 Å². The molecule has 1 atom stereocenters. The average Bonchev–Trinajstić information content (AvgIpc) is 3.15. The maximum Gasteiger partial charge on any atom is 0.262 e. The molecule has 1 amide bonds. The monoisotopic (exact) mass is 398 g/mol. The van der Waals surface area contributed by atoms with E-state index < -0.39 is 6.10 Å². The van der Waals surface area contributed by atoms with E-state index in [1.54, 1.807) is 11.8 Å². The van der Waals surface area contributed by atoms with Gasteiger partial charge in [0, 0.05) is 6.61 Å². The predicted molar refractivity (Wildman–Crippen MR) is 114 cm³/mol. The average molecular weight is 399 g/mol. The second-order valence-corrected chi connectivity index (χ2v) is 7.38. The number of aryl methyl sites for hydroxylation is 1. The van der Waals surface area contributed by atoms with Crippen molar-refractivity contribution < 1.29 is 14.3 Å². The number of ether oxygens (including phenoxy) is 2. The Morgan fingerprint density at radius 1 is 1.11 bits per heavy atom. The molecule has 1 aromatic heterocycles. The van der Waals surface area contributed by atoms with Crippen molar-refractivity contribution in [2.75, 3.05) is 24.7 Å². The maximum atomic E-state index is 13.3. The summed E-state index contributed by atoms with van der Waals surface area (Å²) in [5.41, 5.74) is 2.90. The summed E-state index contributed by atoms with van der Waals surface area (Å²) in [4.78, 5) is 19.6. The number of carbonyl (C=O) groups is 1. The molecule has 0 saturated carbocycles. The Balaban J connectivity index is 1.90. The van der Waals surface area contributed by atoms with Crippen LogP contribution in [-0.2, 0) is 20.7 Å². The Morgan fingerprint density at radius 2 is 1.86 bits per heavy atom. The fraction of sp³-hybridized carbons (Fsp3) is 0.364. The molecule has 0 fully saturated rings. The Morgan fingerprint density at radius 3 is 2.54 bits per heavy atom. The van der Waals surface area contributed by atoms with Crippen LogP contribution in [-0.4, -0.2) is 36.8 Å². The fourth-order valence-electron chi connectivity index (χ4n) is 2.85. The molecule has 148 valence electrons. The second kappa shape index (κ2) is 9.78. The van der Waals surface area contributed by atoms with E-state index in [9.17, 15) is 4.79 Å². The van der Waals surface area contributed by atoms with E-state index in [4.69, 9.17) is 9.47 Å². The standard InChI is InChI=1S/C22H26N2O3S/c1-4-17-10-12-18(13-11-17)24(21(25)16(3)27-15-14-26-5-2)22-23-19-8-6-7-9-20(19)28-22/h6-13,16H,4-5,14-15H2,1-3H3. The number of hydrogen-bond donors (Lipinski definition) is 0. The van der Waals surface area contributed by atoms with Crippen LogP contribution in [0.1, 0.15) is 26.3 Å². The third-order valence-electron chi connectivity index (χ3n) is 4.44. The highest BCUT2D eigenvalue weighted by Gasteiger charge is 2.27. The van der Waals surface area contributed by atoms with Gasteiger partial charge < -0.3 is 9.47 Å². The first-order valence-electron chi connectivity index (χ1n) is 9.61. The summed E-state index contributed by atoms with van der Waals surface area (Å²) >= 11 is 1.50. The summed E-state index contributed by atoms with van der Waals surface area (Å²) in [6.07, 6.45) is 0.352. The van der Waals surface area contributed by atoms with Gasteiger partial charge in [-0.15, -0.1) is 0 Å². The number of anilines is 2. The molecule has 2 aromatic carbocycles. The number of fused-ring (bicyclic) bond motifs is 1. The van der Waals surface area contributed by atoms with Gasteiger partial charge in [0.15, 0.2) is 5.13 Å². The van der Waals surface area contributed by atoms with Crippen LogP contribution in [0.15, 0.2) is 48.5 Å². The van der Waals surface area contributed by atoms with Crippen molar-refractivity contribution in [1.29, 1.82) is 0 Å². The number of benzene rings is 2. The van der Waals surface area contributed by atoms with Crippen molar-refractivity contribution in [1.82, 2.24) is 4.98 Å². The first-order chi connectivity index (χ1) is 13.6. The van der Waals surface area contributed by atoms with Crippen molar-refractivity contribution >= 4 is 38.3 Å². The Hall–Kier alpha value is -2.28. The molecule has 0 aliphatic heterocycles. The lowest BCUT2D eigenvalue weighted by atomic mass is 10.1. The summed E-state index contributed by atoms with van der Waals surface area (Å²) in [5.74, 6) is -0.139. The summed E-state index contributed by atoms with van der Waals surface area (Å²) in [6.45, 7) is 7.30. The van der Waals surface area contributed by atoms with Gasteiger partial charge in [-0.25, -0.2) is 4.98 Å². The summed E-state index contributed by atoms with van der Waals surface area (Å²) in [7, 11) is 0. The van der Waals surface area contributed by atoms with Gasteiger partial charge in [-0.05, 0) is 50.1 Å². The van der Waals surface area contributed by atoms with Crippen molar-refractivity contribution in [2.45, 2.75) is 33.3 Å². The number of amides is 1. The quantitative estimate of drug-likeness (QED) is 0.478. The van der Waals surface area contributed by atoms with Gasteiger partial charge >= 0.3 is 0 Å². The van der Waals surface area contributed by atoms with Gasteiger partial charge in [0.1, 0.15) is 6.10 Å². The van der Waals surface area contributed by atoms with Crippen LogP contribution < -0.4 is 4.90 Å². The van der Waals surface area contributed by atoms with Crippen LogP contribution in [0, 0.1) is 0 Å². The number of nitrogens with zero attached hydrogens (tertiary/aromatic N) is 2. The summed E-state index contributed by atoms with van der Waals surface area (Å²) in [5, 5.41) is 0.649. The first kappa shape index (κ1) is 20.5. The number of aromatic nitrogens is 1. The van der Waals surface area contributed by atoms with Gasteiger partial charge in [-0.1, -0.05) is 42.5 Å². The number of para-hydroxylation sites is 1. The van der Waals surface area contributed by atoms with E-state index in [2.05, 4.69) is 11.9 Å². The number of thiazole rings is 1. The highest BCUT2D eigenvalue weighted by molar-refractivity contribution is 7.22. The SMILES string of the molecule is CCOCCOC(C)C(=O)N(c1ccc(CC)cc1)c1nc2ccccc2s1. The van der Waals surface area contributed by atoms with Crippen LogP contribution in [0.3, 0.4) is 0 Å². The molecule has 0 aliphatic rings. The zero-order valence-corrected chi connectivity index (χ0v) is 17.4. The lowest BCUT2D eigenvalue weighted by Crippen LogP contribution is -2.36. The molecule has 3 aromatic rings. The van der Waals surface area contributed by atoms with Gasteiger partial charge in [0.25, 0.3) is 5.91 Å². The molecule has 0 saturated heterocycles. The number of rotatable bonds is 9. The topological polar surface area (TPSA) is 51.7 Å². The molecule has 6 heteroatoms. The summed E-state index contributed by atoms with van der Waals surface area (Å²) < 4.78 is 12.1. The van der Waals surface area contributed by atoms with Gasteiger partial charge in [0.2, 0.25) is 0 Å². The van der Waals surface area contributed by atoms with E-state index in [1.165, 1.54) is 16.9 Å². The van der Waals surface area contributed by atoms with E-state index in [0.29, 0.717) is 25.0 Å². The Labute approximate surface area is 169 Å². The largest absolute Gasteiger partial charge is 0.379 e. The number of hydrogen-bond acceptors (Lipinski definition) is 5. The van der Waals surface area contributed by atoms with Crippen molar-refractivity contribution in [3.05, 3.63) is 54.1 Å². The lowest BCUT2D eigenvalue weighted by Gasteiger charge is -2.24. The normalized spacial score (nSPS) is 12.2. The van der Waals surface area contributed by atoms with Gasteiger partial charge in [0.05, 0.1) is 29.1 Å². The molecular weight excluding hydrogens is 372 g/mol. The summed E-state index contributed by atoms with van der Waals surface area (Å²) in [6, 6.07) is 15.9. The first-order valence-corrected chi connectivity index (χ1v) is 10.4. The molecule has 1 heterocycles. The van der Waals surface area contributed by atoms with Crippen molar-refractivity contribution in [3.8, 4) is 0 Å². The highest BCUT2D eigenvalue weighted by atomic mass is 32.1. The molecule has 0 N–H and O–H groups in total. The van der Waals surface area contributed by atoms with Crippen molar-refractivity contribution in [3.63, 3.8) is 0 Å². The van der Waals surface area contributed by atoms with E-state index in [-0.39, 0.29) is 5.91 Å². The van der Waals surface area contributed by atoms with Gasteiger partial charge in [-0.2, -0.15) is 0 Å². The zero-order chi connectivity index (χ0) is 19.9. The second-order valence-electron chi connectivity index (χ2n) is 6.37. The fourth-order valence-corrected chi connectivity index (χ4v) is 3.84. The lowest BCUT2D eigenvalue weighted by molar-refractivity contribution is -0.129. The molecule has 0 spiro atoms. The van der Waals surface area contributed by atoms with Gasteiger partial charge in [-0.3, -0.25) is 9.69 Å². The maximum absolute atomic E-state index is 13.3. The van der Waals surface area contributed by atoms with Crippen LogP contribution in [0.4, 0.5) is 10.8 Å². The van der Waals surface area contributed by atoms with Crippen LogP contribution >= 0.6 is 11.3 Å². The van der Waals surface area contributed by atoms with Crippen LogP contribution in [0.25, 0.3) is 10.2 Å². The highest BCUT2D eigenvalue weighted by Crippen LogP contribution is 2.34. The van der Waals surface area contributed by atoms with Crippen LogP contribution in [0.2, 0.25) is 0 Å². The molecular formula is C22H26N2O3S. The molecule has 0 bridgehead atoms. The van der Waals surface area contributed by atoms with E-state index >= 15 is 0 Å². The molecule has 5 nitrogen and oxygen atoms in total. The molecule has 28 heavy (non-hydrogen) atoms. The molecule has 0 radical (unpaired) electrons. The minimum absolute atomic E-state index is 0.139. The molecule has 0 aliphatic carbocycles.